The first kappa shape index (κ1) is 18.4. The number of hydrogen-bond acceptors (Lipinski definition) is 7. The minimum Gasteiger partial charge on any atom is -0.483 e. The van der Waals surface area contributed by atoms with Crippen LogP contribution in [0.1, 0.15) is 29.8 Å². The maximum atomic E-state index is 12.2. The number of nitrogens with one attached hydrogen (secondary N) is 2. The van der Waals surface area contributed by atoms with Gasteiger partial charge in [-0.1, -0.05) is 0 Å². The summed E-state index contributed by atoms with van der Waals surface area (Å²) in [5, 5.41) is 25.6. The van der Waals surface area contributed by atoms with E-state index in [1.165, 1.54) is 6.20 Å². The van der Waals surface area contributed by atoms with Gasteiger partial charge in [-0.2, -0.15) is 10.5 Å². The highest BCUT2D eigenvalue weighted by Gasteiger charge is 2.19. The molecule has 0 saturated carbocycles. The maximum absolute atomic E-state index is 12.2. The fraction of sp³-hybridized carbons (Fsp3) is 0.389. The molecule has 1 aromatic carbocycles. The highest BCUT2D eigenvalue weighted by Crippen LogP contribution is 2.27. The number of likely N-dealkylation sites (tertiary alicyclic amines) is 1. The average molecular weight is 367 g/mol. The van der Waals surface area contributed by atoms with Crippen molar-refractivity contribution in [1.29, 1.82) is 5.26 Å². The van der Waals surface area contributed by atoms with Crippen molar-refractivity contribution in [2.24, 2.45) is 0 Å². The summed E-state index contributed by atoms with van der Waals surface area (Å²) in [6, 6.07) is 5.81. The van der Waals surface area contributed by atoms with Crippen LogP contribution in [-0.4, -0.2) is 51.1 Å². The van der Waals surface area contributed by atoms with Gasteiger partial charge in [0.25, 0.3) is 5.91 Å². The van der Waals surface area contributed by atoms with Crippen molar-refractivity contribution < 1.29 is 9.53 Å². The highest BCUT2D eigenvalue weighted by molar-refractivity contribution is 5.78. The van der Waals surface area contributed by atoms with Gasteiger partial charge in [0.05, 0.1) is 0 Å². The van der Waals surface area contributed by atoms with Crippen molar-refractivity contribution in [2.75, 3.05) is 25.0 Å². The third-order valence-electron chi connectivity index (χ3n) is 4.35. The van der Waals surface area contributed by atoms with Gasteiger partial charge >= 0.3 is 0 Å². The van der Waals surface area contributed by atoms with E-state index in [9.17, 15) is 10.1 Å². The maximum Gasteiger partial charge on any atom is 0.260 e. The number of nitriles is 1. The number of anilines is 1. The van der Waals surface area contributed by atoms with E-state index in [-0.39, 0.29) is 23.9 Å². The molecule has 0 spiro atoms. The van der Waals surface area contributed by atoms with Crippen molar-refractivity contribution >= 4 is 17.2 Å². The number of H-pyrrole nitrogens is 1. The molecule has 0 atom stereocenters. The first-order chi connectivity index (χ1) is 13.1. The fourth-order valence-corrected chi connectivity index (χ4v) is 3.03. The van der Waals surface area contributed by atoms with Crippen LogP contribution >= 0.6 is 0 Å². The number of tetrazole rings is 1. The number of ether oxygens (including phenoxy) is 1. The molecule has 1 aromatic heterocycles. The van der Waals surface area contributed by atoms with E-state index in [2.05, 4.69) is 25.9 Å². The van der Waals surface area contributed by atoms with Crippen LogP contribution in [0.4, 0.5) is 5.69 Å². The van der Waals surface area contributed by atoms with Gasteiger partial charge in [-0.05, 0) is 55.2 Å². The molecular weight excluding hydrogens is 346 g/mol. The average Bonchev–Trinajstić information content (AvgIpc) is 3.35. The molecule has 1 fully saturated rings. The van der Waals surface area contributed by atoms with Crippen LogP contribution in [0.3, 0.4) is 0 Å². The first-order valence-electron chi connectivity index (χ1n) is 8.71. The van der Waals surface area contributed by atoms with Crippen LogP contribution in [0.15, 0.2) is 18.3 Å². The Labute approximate surface area is 157 Å². The summed E-state index contributed by atoms with van der Waals surface area (Å²) in [5.41, 5.74) is 2.85. The summed E-state index contributed by atoms with van der Waals surface area (Å²) in [6.45, 7) is 5.52. The van der Waals surface area contributed by atoms with Gasteiger partial charge in [0, 0.05) is 25.0 Å². The fourth-order valence-electron chi connectivity index (χ4n) is 3.03. The van der Waals surface area contributed by atoms with Crippen molar-refractivity contribution in [3.8, 4) is 11.8 Å². The number of aromatic amines is 1. The van der Waals surface area contributed by atoms with Gasteiger partial charge < -0.3 is 15.0 Å². The zero-order chi connectivity index (χ0) is 19.2. The topological polar surface area (TPSA) is 120 Å². The molecular formula is C18H21N7O2. The Bertz CT molecular complexity index is 855. The van der Waals surface area contributed by atoms with Crippen LogP contribution < -0.4 is 10.1 Å². The molecule has 0 unspecified atom stereocenters. The molecule has 1 saturated heterocycles. The Morgan fingerprint density at radius 1 is 1.37 bits per heavy atom. The summed E-state index contributed by atoms with van der Waals surface area (Å²) in [4.78, 5) is 14.0. The lowest BCUT2D eigenvalue weighted by Crippen LogP contribution is -2.32. The lowest BCUT2D eigenvalue weighted by Gasteiger charge is -2.18. The molecule has 27 heavy (non-hydrogen) atoms. The minimum atomic E-state index is 0.0233. The number of hydrogen-bond donors (Lipinski definition) is 2. The van der Waals surface area contributed by atoms with E-state index < -0.39 is 0 Å². The summed E-state index contributed by atoms with van der Waals surface area (Å²) < 4.78 is 5.78. The third-order valence-corrected chi connectivity index (χ3v) is 4.35. The number of aromatic nitrogens is 4. The van der Waals surface area contributed by atoms with Gasteiger partial charge in [-0.15, -0.1) is 10.2 Å². The van der Waals surface area contributed by atoms with Crippen LogP contribution in [0.25, 0.3) is 5.57 Å². The number of allylic oxidation sites excluding steroid dienone is 1. The molecule has 1 amide bonds. The van der Waals surface area contributed by atoms with Crippen LogP contribution in [0, 0.1) is 25.2 Å². The van der Waals surface area contributed by atoms with Crippen LogP contribution in [0.5, 0.6) is 5.75 Å². The number of amides is 1. The first-order valence-corrected chi connectivity index (χ1v) is 8.71. The van der Waals surface area contributed by atoms with Gasteiger partial charge in [-0.25, -0.2) is 0 Å². The number of aryl methyl sites for hydroxylation is 2. The Kier molecular flexibility index (Phi) is 5.66. The van der Waals surface area contributed by atoms with Crippen molar-refractivity contribution in [3.63, 3.8) is 0 Å². The van der Waals surface area contributed by atoms with E-state index >= 15 is 0 Å². The molecule has 9 heteroatoms. The molecule has 2 aromatic rings. The van der Waals surface area contributed by atoms with Crippen molar-refractivity contribution in [2.45, 2.75) is 26.7 Å². The molecule has 1 aliphatic heterocycles. The number of nitrogens with zero attached hydrogens (tertiary/aromatic N) is 5. The van der Waals surface area contributed by atoms with E-state index in [0.29, 0.717) is 5.75 Å². The zero-order valence-corrected chi connectivity index (χ0v) is 15.3. The molecule has 0 aliphatic carbocycles. The molecule has 2 N–H and O–H groups in total. The van der Waals surface area contributed by atoms with Crippen LogP contribution in [-0.2, 0) is 4.79 Å². The molecule has 0 radical (unpaired) electrons. The molecule has 3 rings (SSSR count). The van der Waals surface area contributed by atoms with Gasteiger partial charge in [0.1, 0.15) is 17.4 Å². The largest absolute Gasteiger partial charge is 0.483 e. The monoisotopic (exact) mass is 367 g/mol. The third kappa shape index (κ3) is 4.41. The molecule has 9 nitrogen and oxygen atoms in total. The summed E-state index contributed by atoms with van der Waals surface area (Å²) in [6.07, 6.45) is 3.65. The number of rotatable bonds is 6. The van der Waals surface area contributed by atoms with E-state index in [0.717, 1.165) is 42.7 Å². The lowest BCUT2D eigenvalue weighted by molar-refractivity contribution is -0.132. The Morgan fingerprint density at radius 3 is 2.67 bits per heavy atom. The smallest absolute Gasteiger partial charge is 0.260 e. The normalized spacial score (nSPS) is 14.1. The molecule has 2 heterocycles. The quantitative estimate of drug-likeness (QED) is 0.747. The van der Waals surface area contributed by atoms with E-state index in [4.69, 9.17) is 4.74 Å². The second-order valence-corrected chi connectivity index (χ2v) is 6.37. The molecule has 0 bridgehead atoms. The Hall–Kier alpha value is -3.41. The summed E-state index contributed by atoms with van der Waals surface area (Å²) in [7, 11) is 0. The zero-order valence-electron chi connectivity index (χ0n) is 15.3. The Morgan fingerprint density at radius 2 is 2.07 bits per heavy atom. The van der Waals surface area contributed by atoms with Gasteiger partial charge in [-0.3, -0.25) is 4.79 Å². The number of benzene rings is 1. The predicted octanol–water partition coefficient (Wildman–Crippen LogP) is 1.79. The van der Waals surface area contributed by atoms with Gasteiger partial charge in [0.15, 0.2) is 6.61 Å². The summed E-state index contributed by atoms with van der Waals surface area (Å²) in [5.74, 6) is 0.949. The van der Waals surface area contributed by atoms with Crippen molar-refractivity contribution in [1.82, 2.24) is 25.5 Å². The molecule has 1 aliphatic rings. The number of carbonyl (C=O) groups excluding carboxylic acids is 1. The van der Waals surface area contributed by atoms with Crippen molar-refractivity contribution in [3.05, 3.63) is 35.3 Å². The minimum absolute atomic E-state index is 0.0233. The molecule has 140 valence electrons. The van der Waals surface area contributed by atoms with E-state index in [1.807, 2.05) is 36.9 Å². The van der Waals surface area contributed by atoms with Crippen LogP contribution in [0.2, 0.25) is 0 Å². The Balaban J connectivity index is 1.67. The number of carbonyl (C=O) groups is 1. The standard InChI is InChI=1S/C18H21N7O2/c1-12-7-15(20-10-14(9-19)18-21-23-24-22-18)8-13(2)17(12)27-11-16(26)25-5-3-4-6-25/h7-8,10,20H,3-6,11H2,1-2H3,(H,21,22,23,24). The SMILES string of the molecule is Cc1cc(NC=C(C#N)c2nn[nH]n2)cc(C)c1OCC(=O)N1CCCC1. The highest BCUT2D eigenvalue weighted by atomic mass is 16.5. The van der Waals surface area contributed by atoms with Gasteiger partial charge in [0.2, 0.25) is 5.82 Å². The summed E-state index contributed by atoms with van der Waals surface area (Å²) >= 11 is 0. The second-order valence-electron chi connectivity index (χ2n) is 6.37. The predicted molar refractivity (Wildman–Crippen MR) is 98.6 cm³/mol. The lowest BCUT2D eigenvalue weighted by atomic mass is 10.1. The van der Waals surface area contributed by atoms with E-state index in [1.54, 1.807) is 0 Å². The second kappa shape index (κ2) is 8.31.